The van der Waals surface area contributed by atoms with Gasteiger partial charge in [0.2, 0.25) is 11.6 Å². The molecule has 0 bridgehead atoms. The van der Waals surface area contributed by atoms with Crippen molar-refractivity contribution in [2.45, 2.75) is 6.54 Å². The zero-order chi connectivity index (χ0) is 23.3. The van der Waals surface area contributed by atoms with E-state index in [1.54, 1.807) is 12.1 Å². The minimum Gasteiger partial charge on any atom is -0.496 e. The highest BCUT2D eigenvalue weighted by molar-refractivity contribution is 5.94. The Morgan fingerprint density at radius 1 is 1.19 bits per heavy atom. The van der Waals surface area contributed by atoms with E-state index in [-0.39, 0.29) is 17.3 Å². The molecule has 3 aromatic rings. The molecule has 1 amide bonds. The lowest BCUT2D eigenvalue weighted by Crippen LogP contribution is -2.23. The molecule has 170 valence electrons. The van der Waals surface area contributed by atoms with Crippen LogP contribution in [0.2, 0.25) is 0 Å². The average molecular weight is 445 g/mol. The molecule has 3 N–H and O–H groups in total. The van der Waals surface area contributed by atoms with Crippen molar-refractivity contribution < 1.29 is 23.6 Å². The maximum absolute atomic E-state index is 12.8. The number of ether oxygens (including phenoxy) is 3. The summed E-state index contributed by atoms with van der Waals surface area (Å²) in [5.41, 5.74) is 9.20. The molecule has 0 aliphatic carbocycles. The number of rotatable bonds is 9. The number of nitrogens with two attached hydrogens (primary N) is 1. The van der Waals surface area contributed by atoms with Gasteiger partial charge in [-0.25, -0.2) is 10.1 Å². The monoisotopic (exact) mass is 445 g/mol. The van der Waals surface area contributed by atoms with Gasteiger partial charge in [-0.2, -0.15) is 9.78 Å². The number of methoxy groups -OCH3 is 3. The maximum Gasteiger partial charge on any atom is 0.293 e. The number of anilines is 1. The number of benzene rings is 1. The summed E-state index contributed by atoms with van der Waals surface area (Å²) in [6.07, 6.45) is 1.41. The van der Waals surface area contributed by atoms with E-state index in [1.807, 2.05) is 19.0 Å². The molecule has 3 rings (SSSR count). The SMILES string of the molecule is COc1cc(OC)c(OC)cc1/C=N/NC(=O)c1nnn(-c2nonc2N)c1CN(C)C. The van der Waals surface area contributed by atoms with Crippen molar-refractivity contribution in [2.24, 2.45) is 5.10 Å². The van der Waals surface area contributed by atoms with Gasteiger partial charge in [0.25, 0.3) is 5.91 Å². The van der Waals surface area contributed by atoms with Gasteiger partial charge >= 0.3 is 0 Å². The van der Waals surface area contributed by atoms with Crippen molar-refractivity contribution >= 4 is 17.9 Å². The van der Waals surface area contributed by atoms with E-state index in [1.165, 1.54) is 32.2 Å². The molecule has 0 atom stereocenters. The van der Waals surface area contributed by atoms with Crippen LogP contribution in [0.1, 0.15) is 21.7 Å². The number of nitrogens with zero attached hydrogens (tertiary/aromatic N) is 7. The molecule has 0 aliphatic heterocycles. The van der Waals surface area contributed by atoms with Gasteiger partial charge in [0.05, 0.1) is 33.2 Å². The van der Waals surface area contributed by atoms with Gasteiger partial charge in [0.15, 0.2) is 17.2 Å². The highest BCUT2D eigenvalue weighted by atomic mass is 16.6. The molecular formula is C18H23N9O5. The van der Waals surface area contributed by atoms with E-state index in [0.717, 1.165) is 0 Å². The van der Waals surface area contributed by atoms with E-state index in [0.29, 0.717) is 35.1 Å². The average Bonchev–Trinajstić information content (AvgIpc) is 3.38. The van der Waals surface area contributed by atoms with Crippen molar-refractivity contribution in [1.29, 1.82) is 0 Å². The highest BCUT2D eigenvalue weighted by Crippen LogP contribution is 2.33. The summed E-state index contributed by atoms with van der Waals surface area (Å²) >= 11 is 0. The van der Waals surface area contributed by atoms with Crippen molar-refractivity contribution in [3.8, 4) is 23.1 Å². The molecule has 1 aromatic carbocycles. The third-order valence-electron chi connectivity index (χ3n) is 4.25. The number of aromatic nitrogens is 5. The van der Waals surface area contributed by atoms with Gasteiger partial charge < -0.3 is 24.8 Å². The van der Waals surface area contributed by atoms with Crippen molar-refractivity contribution in [3.63, 3.8) is 0 Å². The van der Waals surface area contributed by atoms with Crippen LogP contribution in [0.3, 0.4) is 0 Å². The zero-order valence-electron chi connectivity index (χ0n) is 18.2. The van der Waals surface area contributed by atoms with Gasteiger partial charge in [0, 0.05) is 18.2 Å². The van der Waals surface area contributed by atoms with Crippen LogP contribution in [-0.2, 0) is 6.54 Å². The van der Waals surface area contributed by atoms with E-state index >= 15 is 0 Å². The molecule has 0 radical (unpaired) electrons. The summed E-state index contributed by atoms with van der Waals surface area (Å²) in [5.74, 6) is 1.02. The predicted molar refractivity (Wildman–Crippen MR) is 112 cm³/mol. The largest absolute Gasteiger partial charge is 0.496 e. The van der Waals surface area contributed by atoms with Crippen LogP contribution in [0.25, 0.3) is 5.82 Å². The first-order valence-electron chi connectivity index (χ1n) is 9.20. The van der Waals surface area contributed by atoms with E-state index in [4.69, 9.17) is 19.9 Å². The first-order valence-corrected chi connectivity index (χ1v) is 9.20. The second-order valence-corrected chi connectivity index (χ2v) is 6.66. The second-order valence-electron chi connectivity index (χ2n) is 6.66. The molecule has 2 heterocycles. The zero-order valence-corrected chi connectivity index (χ0v) is 18.2. The van der Waals surface area contributed by atoms with Gasteiger partial charge in [-0.05, 0) is 30.5 Å². The molecule has 0 unspecified atom stereocenters. The summed E-state index contributed by atoms with van der Waals surface area (Å²) in [7, 11) is 8.19. The van der Waals surface area contributed by atoms with Crippen LogP contribution >= 0.6 is 0 Å². The molecule has 14 nitrogen and oxygen atoms in total. The summed E-state index contributed by atoms with van der Waals surface area (Å²) in [4.78, 5) is 14.6. The van der Waals surface area contributed by atoms with E-state index in [2.05, 4.69) is 35.8 Å². The number of nitrogen functional groups attached to an aromatic ring is 1. The molecule has 0 aliphatic rings. The Bertz CT molecular complexity index is 1120. The summed E-state index contributed by atoms with van der Waals surface area (Å²) in [5, 5.41) is 19.2. The molecule has 14 heteroatoms. The van der Waals surface area contributed by atoms with Crippen LogP contribution in [0.5, 0.6) is 17.2 Å². The third kappa shape index (κ3) is 4.59. The number of nitrogens with one attached hydrogen (secondary N) is 1. The Labute approximate surface area is 182 Å². The first-order chi connectivity index (χ1) is 15.4. The molecule has 0 saturated heterocycles. The van der Waals surface area contributed by atoms with E-state index < -0.39 is 5.91 Å². The number of carbonyl (C=O) groups excluding carboxylic acids is 1. The van der Waals surface area contributed by atoms with Crippen molar-refractivity contribution in [2.75, 3.05) is 41.2 Å². The number of amides is 1. The first kappa shape index (κ1) is 22.5. The fourth-order valence-corrected chi connectivity index (χ4v) is 2.79. The minimum atomic E-state index is -0.584. The summed E-state index contributed by atoms with van der Waals surface area (Å²) in [6.45, 7) is 0.315. The molecular weight excluding hydrogens is 422 g/mol. The number of carbonyl (C=O) groups is 1. The number of hydrazone groups is 1. The Hall–Kier alpha value is -4.20. The van der Waals surface area contributed by atoms with Gasteiger partial charge in [-0.15, -0.1) is 5.10 Å². The Morgan fingerprint density at radius 3 is 2.47 bits per heavy atom. The lowest BCUT2D eigenvalue weighted by molar-refractivity contribution is 0.0948. The molecule has 0 fully saturated rings. The number of hydrogen-bond acceptors (Lipinski definition) is 12. The molecule has 2 aromatic heterocycles. The maximum atomic E-state index is 12.8. The lowest BCUT2D eigenvalue weighted by atomic mass is 10.2. The van der Waals surface area contributed by atoms with Crippen LogP contribution in [0.4, 0.5) is 5.82 Å². The quantitative estimate of drug-likeness (QED) is 0.338. The molecule has 0 saturated carbocycles. The summed E-state index contributed by atoms with van der Waals surface area (Å²) < 4.78 is 21.8. The topological polar surface area (TPSA) is 168 Å². The Balaban J connectivity index is 1.86. The summed E-state index contributed by atoms with van der Waals surface area (Å²) in [6, 6.07) is 3.32. The van der Waals surface area contributed by atoms with Gasteiger partial charge in [0.1, 0.15) is 5.75 Å². The second kappa shape index (κ2) is 9.74. The normalized spacial score (nSPS) is 11.2. The predicted octanol–water partition coefficient (Wildman–Crippen LogP) is 0.0838. The van der Waals surface area contributed by atoms with Gasteiger partial charge in [-0.3, -0.25) is 4.79 Å². The lowest BCUT2D eigenvalue weighted by Gasteiger charge is -2.12. The molecule has 32 heavy (non-hydrogen) atoms. The van der Waals surface area contributed by atoms with Crippen LogP contribution in [0, 0.1) is 0 Å². The minimum absolute atomic E-state index is 0.0143. The third-order valence-corrected chi connectivity index (χ3v) is 4.25. The smallest absolute Gasteiger partial charge is 0.293 e. The fourth-order valence-electron chi connectivity index (χ4n) is 2.79. The van der Waals surface area contributed by atoms with Crippen molar-refractivity contribution in [1.82, 2.24) is 35.6 Å². The molecule has 0 spiro atoms. The van der Waals surface area contributed by atoms with Crippen LogP contribution in [-0.4, -0.2) is 77.8 Å². The Kier molecular flexibility index (Phi) is 6.84. The standard InChI is InChI=1S/C18H23N9O5/c1-26(2)9-11-15(21-25-27(11)17-16(19)23-32-24-17)18(28)22-20-8-10-6-13(30-4)14(31-5)7-12(10)29-3/h6-8H,9H2,1-5H3,(H2,19,23)(H,22,28)/b20-8+. The van der Waals surface area contributed by atoms with Crippen molar-refractivity contribution in [3.05, 3.63) is 29.1 Å². The van der Waals surface area contributed by atoms with Gasteiger partial charge in [-0.1, -0.05) is 5.21 Å². The van der Waals surface area contributed by atoms with E-state index in [9.17, 15) is 4.79 Å². The fraction of sp³-hybridized carbons (Fsp3) is 0.333. The number of hydrogen-bond donors (Lipinski definition) is 2. The Morgan fingerprint density at radius 2 is 1.88 bits per heavy atom. The van der Waals surface area contributed by atoms with Crippen LogP contribution < -0.4 is 25.4 Å². The van der Waals surface area contributed by atoms with Crippen LogP contribution in [0.15, 0.2) is 21.9 Å². The highest BCUT2D eigenvalue weighted by Gasteiger charge is 2.24.